The van der Waals surface area contributed by atoms with Crippen LogP contribution in [0.2, 0.25) is 0 Å². The van der Waals surface area contributed by atoms with Crippen molar-refractivity contribution in [3.63, 3.8) is 0 Å². The van der Waals surface area contributed by atoms with Crippen LogP contribution in [0, 0.1) is 28.6 Å². The van der Waals surface area contributed by atoms with Crippen LogP contribution in [0.3, 0.4) is 0 Å². The highest BCUT2D eigenvalue weighted by Crippen LogP contribution is 2.57. The zero-order valence-electron chi connectivity index (χ0n) is 9.98. The summed E-state index contributed by atoms with van der Waals surface area (Å²) in [6, 6.07) is 2.48. The van der Waals surface area contributed by atoms with Crippen LogP contribution in [-0.4, -0.2) is 23.2 Å². The lowest BCUT2D eigenvalue weighted by Gasteiger charge is -2.35. The van der Waals surface area contributed by atoms with Crippen LogP contribution >= 0.6 is 11.8 Å². The summed E-state index contributed by atoms with van der Waals surface area (Å²) in [4.78, 5) is 0. The molecule has 3 heteroatoms. The first-order chi connectivity index (χ1) is 7.73. The third kappa shape index (κ3) is 1.98. The summed E-state index contributed by atoms with van der Waals surface area (Å²) in [5, 5.41) is 19.8. The number of hydrogen-bond acceptors (Lipinski definition) is 3. The fourth-order valence-corrected chi connectivity index (χ4v) is 4.13. The molecule has 0 heterocycles. The molecule has 2 bridgehead atoms. The van der Waals surface area contributed by atoms with Crippen LogP contribution in [0.4, 0.5) is 0 Å². The van der Waals surface area contributed by atoms with Gasteiger partial charge in [-0.3, -0.25) is 0 Å². The number of nitrogens with zero attached hydrogens (tertiary/aromatic N) is 1. The van der Waals surface area contributed by atoms with E-state index in [9.17, 15) is 10.4 Å². The summed E-state index contributed by atoms with van der Waals surface area (Å²) >= 11 is 1.81. The maximum atomic E-state index is 10.3. The van der Waals surface area contributed by atoms with E-state index in [1.165, 1.54) is 12.8 Å². The molecule has 0 aromatic rings. The Morgan fingerprint density at radius 2 is 2.38 bits per heavy atom. The number of aliphatic hydroxyl groups is 1. The highest BCUT2D eigenvalue weighted by molar-refractivity contribution is 7.98. The quantitative estimate of drug-likeness (QED) is 0.750. The lowest BCUT2D eigenvalue weighted by atomic mass is 9.69. The van der Waals surface area contributed by atoms with Gasteiger partial charge in [0.2, 0.25) is 0 Å². The number of nitriles is 1. The van der Waals surface area contributed by atoms with Crippen molar-refractivity contribution in [1.82, 2.24) is 0 Å². The molecule has 2 rings (SSSR count). The maximum Gasteiger partial charge on any atom is 0.0862 e. The normalized spacial score (nSPS) is 38.6. The highest BCUT2D eigenvalue weighted by atomic mass is 32.2. The van der Waals surface area contributed by atoms with Crippen LogP contribution in [0.15, 0.2) is 0 Å². The van der Waals surface area contributed by atoms with E-state index in [-0.39, 0.29) is 11.5 Å². The molecule has 2 nitrogen and oxygen atoms in total. The molecule has 16 heavy (non-hydrogen) atoms. The molecular weight excluding hydrogens is 218 g/mol. The van der Waals surface area contributed by atoms with Crippen molar-refractivity contribution in [2.24, 2.45) is 17.3 Å². The van der Waals surface area contributed by atoms with Crippen LogP contribution < -0.4 is 0 Å². The molecule has 0 spiro atoms. The summed E-state index contributed by atoms with van der Waals surface area (Å²) in [6.45, 7) is 0. The van der Waals surface area contributed by atoms with E-state index in [2.05, 4.69) is 12.3 Å². The highest BCUT2D eigenvalue weighted by Gasteiger charge is 2.54. The number of rotatable bonds is 5. The Kier molecular flexibility index (Phi) is 3.81. The molecular formula is C13H21NOS. The monoisotopic (exact) mass is 239 g/mol. The average molecular weight is 239 g/mol. The SMILES string of the molecule is CSCCCC(O)C1(C#N)CC2CCC1C2. The van der Waals surface area contributed by atoms with Gasteiger partial charge in [0.15, 0.2) is 0 Å². The Morgan fingerprint density at radius 3 is 2.88 bits per heavy atom. The van der Waals surface area contributed by atoms with Gasteiger partial charge in [-0.05, 0) is 55.9 Å². The number of fused-ring (bicyclic) bond motifs is 2. The molecule has 0 radical (unpaired) electrons. The summed E-state index contributed by atoms with van der Waals surface area (Å²) < 4.78 is 0. The molecule has 2 saturated carbocycles. The second kappa shape index (κ2) is 4.98. The van der Waals surface area contributed by atoms with E-state index in [4.69, 9.17) is 0 Å². The van der Waals surface area contributed by atoms with Crippen molar-refractivity contribution < 1.29 is 5.11 Å². The van der Waals surface area contributed by atoms with Crippen LogP contribution in [0.5, 0.6) is 0 Å². The molecule has 0 aliphatic heterocycles. The van der Waals surface area contributed by atoms with Gasteiger partial charge in [-0.2, -0.15) is 17.0 Å². The summed E-state index contributed by atoms with van der Waals surface area (Å²) in [5.41, 5.74) is -0.388. The molecule has 4 unspecified atom stereocenters. The van der Waals surface area contributed by atoms with Gasteiger partial charge in [-0.25, -0.2) is 0 Å². The van der Waals surface area contributed by atoms with Crippen LogP contribution in [0.1, 0.15) is 38.5 Å². The largest absolute Gasteiger partial charge is 0.391 e. The van der Waals surface area contributed by atoms with Crippen molar-refractivity contribution >= 4 is 11.8 Å². The molecule has 0 amide bonds. The minimum Gasteiger partial charge on any atom is -0.391 e. The number of aliphatic hydroxyl groups excluding tert-OH is 1. The minimum atomic E-state index is -0.389. The Balaban J connectivity index is 1.97. The zero-order valence-corrected chi connectivity index (χ0v) is 10.8. The Morgan fingerprint density at radius 1 is 1.56 bits per heavy atom. The Hall–Kier alpha value is -0.200. The lowest BCUT2D eigenvalue weighted by Crippen LogP contribution is -2.38. The predicted octanol–water partition coefficient (Wildman–Crippen LogP) is 2.82. The molecule has 0 aromatic heterocycles. The first-order valence-electron chi connectivity index (χ1n) is 6.31. The van der Waals surface area contributed by atoms with Crippen molar-refractivity contribution in [2.75, 3.05) is 12.0 Å². The standard InChI is InChI=1S/C13H21NOS/c1-16-6-2-3-12(15)13(9-14)8-10-4-5-11(13)7-10/h10-12,15H,2-8H2,1H3. The average Bonchev–Trinajstić information content (AvgIpc) is 2.89. The van der Waals surface area contributed by atoms with Gasteiger partial charge >= 0.3 is 0 Å². The van der Waals surface area contributed by atoms with Crippen molar-refractivity contribution in [3.05, 3.63) is 0 Å². The Bertz CT molecular complexity index is 288. The first kappa shape index (κ1) is 12.3. The fourth-order valence-electron chi connectivity index (χ4n) is 3.67. The third-order valence-corrected chi connectivity index (χ3v) is 5.22. The molecule has 2 aliphatic rings. The van der Waals surface area contributed by atoms with E-state index >= 15 is 0 Å². The van der Waals surface area contributed by atoms with E-state index in [0.717, 1.165) is 37.4 Å². The number of hydrogen-bond donors (Lipinski definition) is 1. The van der Waals surface area contributed by atoms with Crippen LogP contribution in [0.25, 0.3) is 0 Å². The van der Waals surface area contributed by atoms with E-state index in [0.29, 0.717) is 5.92 Å². The van der Waals surface area contributed by atoms with E-state index < -0.39 is 0 Å². The smallest absolute Gasteiger partial charge is 0.0862 e. The Labute approximate surface area is 102 Å². The molecule has 1 N–H and O–H groups in total. The van der Waals surface area contributed by atoms with Gasteiger partial charge in [-0.1, -0.05) is 6.42 Å². The second-order valence-corrected chi connectivity index (χ2v) is 6.37. The number of thioether (sulfide) groups is 1. The predicted molar refractivity (Wildman–Crippen MR) is 67.1 cm³/mol. The van der Waals surface area contributed by atoms with Gasteiger partial charge in [0.1, 0.15) is 0 Å². The van der Waals surface area contributed by atoms with Gasteiger partial charge in [-0.15, -0.1) is 0 Å². The van der Waals surface area contributed by atoms with Gasteiger partial charge in [0.25, 0.3) is 0 Å². The van der Waals surface area contributed by atoms with Crippen molar-refractivity contribution in [3.8, 4) is 6.07 Å². The van der Waals surface area contributed by atoms with Crippen molar-refractivity contribution in [1.29, 1.82) is 5.26 Å². The summed E-state index contributed by atoms with van der Waals surface area (Å²) in [7, 11) is 0. The molecule has 2 fully saturated rings. The maximum absolute atomic E-state index is 10.3. The summed E-state index contributed by atoms with van der Waals surface area (Å²) in [5.74, 6) is 2.29. The third-order valence-electron chi connectivity index (χ3n) is 4.52. The molecule has 4 atom stereocenters. The second-order valence-electron chi connectivity index (χ2n) is 5.38. The van der Waals surface area contributed by atoms with Crippen molar-refractivity contribution in [2.45, 2.75) is 44.6 Å². The molecule has 0 saturated heterocycles. The van der Waals surface area contributed by atoms with Gasteiger partial charge < -0.3 is 5.11 Å². The fraction of sp³-hybridized carbons (Fsp3) is 0.923. The van der Waals surface area contributed by atoms with Gasteiger partial charge in [0.05, 0.1) is 17.6 Å². The van der Waals surface area contributed by atoms with E-state index in [1.807, 2.05) is 11.8 Å². The topological polar surface area (TPSA) is 44.0 Å². The lowest BCUT2D eigenvalue weighted by molar-refractivity contribution is 0.0186. The molecule has 0 aromatic carbocycles. The zero-order chi connectivity index (χ0) is 11.6. The van der Waals surface area contributed by atoms with Gasteiger partial charge in [0, 0.05) is 0 Å². The van der Waals surface area contributed by atoms with E-state index in [1.54, 1.807) is 0 Å². The molecule has 2 aliphatic carbocycles. The van der Waals surface area contributed by atoms with Crippen LogP contribution in [-0.2, 0) is 0 Å². The molecule has 90 valence electrons. The summed E-state index contributed by atoms with van der Waals surface area (Å²) in [6.07, 6.45) is 8.12. The minimum absolute atomic E-state index is 0.388. The first-order valence-corrected chi connectivity index (χ1v) is 7.70.